The first-order chi connectivity index (χ1) is 15.5. The van der Waals surface area contributed by atoms with E-state index in [-0.39, 0.29) is 11.7 Å². The van der Waals surface area contributed by atoms with E-state index in [9.17, 15) is 4.79 Å². The van der Waals surface area contributed by atoms with Crippen LogP contribution in [0.3, 0.4) is 0 Å². The maximum atomic E-state index is 12.5. The summed E-state index contributed by atoms with van der Waals surface area (Å²) >= 11 is 9.03. The van der Waals surface area contributed by atoms with Crippen molar-refractivity contribution in [3.63, 3.8) is 0 Å². The maximum absolute atomic E-state index is 12.5. The van der Waals surface area contributed by atoms with Crippen LogP contribution in [0.25, 0.3) is 22.6 Å². The zero-order valence-corrected chi connectivity index (χ0v) is 19.7. The minimum atomic E-state index is -0.160. The quantitative estimate of drug-likeness (QED) is 0.249. The highest BCUT2D eigenvalue weighted by Gasteiger charge is 2.17. The van der Waals surface area contributed by atoms with Gasteiger partial charge in [-0.25, -0.2) is 4.98 Å². The Kier molecular flexibility index (Phi) is 7.04. The third kappa shape index (κ3) is 5.09. The standard InChI is InChI=1S/C23H20ClN5OS2/c1-3-12-29-21(17-6-4-5-7-18(17)24)27-28-23(29)32-14-20(30)26-22-25-19(13-31-22)16-10-8-15(2)9-11-16/h3-11,13H,1,12,14H2,2H3,(H,25,26,30). The Hall–Kier alpha value is -2.94. The van der Waals surface area contributed by atoms with Gasteiger partial charge < -0.3 is 5.32 Å². The van der Waals surface area contributed by atoms with E-state index in [4.69, 9.17) is 11.6 Å². The van der Waals surface area contributed by atoms with Crippen LogP contribution in [0.1, 0.15) is 5.56 Å². The van der Waals surface area contributed by atoms with Crippen molar-refractivity contribution in [2.45, 2.75) is 18.6 Å². The zero-order valence-electron chi connectivity index (χ0n) is 17.3. The second-order valence-corrected chi connectivity index (χ2v) is 9.13. The van der Waals surface area contributed by atoms with Crippen LogP contribution in [0.4, 0.5) is 5.13 Å². The van der Waals surface area contributed by atoms with Crippen LogP contribution in [-0.4, -0.2) is 31.4 Å². The van der Waals surface area contributed by atoms with Gasteiger partial charge in [-0.15, -0.1) is 28.1 Å². The summed E-state index contributed by atoms with van der Waals surface area (Å²) in [5.41, 5.74) is 3.84. The molecule has 0 saturated carbocycles. The molecule has 6 nitrogen and oxygen atoms in total. The minimum Gasteiger partial charge on any atom is -0.301 e. The number of nitrogens with zero attached hydrogens (tertiary/aromatic N) is 4. The van der Waals surface area contributed by atoms with Gasteiger partial charge in [0.05, 0.1) is 16.5 Å². The van der Waals surface area contributed by atoms with Crippen molar-refractivity contribution < 1.29 is 4.79 Å². The van der Waals surface area contributed by atoms with Crippen LogP contribution in [0.5, 0.6) is 0 Å². The van der Waals surface area contributed by atoms with Gasteiger partial charge in [-0.3, -0.25) is 9.36 Å². The van der Waals surface area contributed by atoms with Crippen LogP contribution in [0.2, 0.25) is 5.02 Å². The van der Waals surface area contributed by atoms with Gasteiger partial charge in [0.25, 0.3) is 0 Å². The monoisotopic (exact) mass is 481 g/mol. The molecule has 0 fully saturated rings. The first-order valence-electron chi connectivity index (χ1n) is 9.79. The van der Waals surface area contributed by atoms with Crippen molar-refractivity contribution in [3.8, 4) is 22.6 Å². The summed E-state index contributed by atoms with van der Waals surface area (Å²) in [7, 11) is 0. The molecule has 4 aromatic rings. The SMILES string of the molecule is C=CCn1c(SCC(=O)Nc2nc(-c3ccc(C)cc3)cs2)nnc1-c1ccccc1Cl. The third-order valence-electron chi connectivity index (χ3n) is 4.57. The van der Waals surface area contributed by atoms with E-state index in [1.807, 2.05) is 65.4 Å². The highest BCUT2D eigenvalue weighted by molar-refractivity contribution is 7.99. The van der Waals surface area contributed by atoms with Crippen molar-refractivity contribution in [2.24, 2.45) is 0 Å². The largest absolute Gasteiger partial charge is 0.301 e. The van der Waals surface area contributed by atoms with Crippen LogP contribution in [-0.2, 0) is 11.3 Å². The normalized spacial score (nSPS) is 10.8. The maximum Gasteiger partial charge on any atom is 0.236 e. The van der Waals surface area contributed by atoms with E-state index < -0.39 is 0 Å². The van der Waals surface area contributed by atoms with Gasteiger partial charge in [-0.1, -0.05) is 71.4 Å². The number of aryl methyl sites for hydroxylation is 1. The second-order valence-electron chi connectivity index (χ2n) is 6.93. The molecule has 0 aliphatic carbocycles. The molecule has 0 atom stereocenters. The van der Waals surface area contributed by atoms with Gasteiger partial charge in [0.1, 0.15) is 0 Å². The van der Waals surface area contributed by atoms with Gasteiger partial charge in [0.15, 0.2) is 16.1 Å². The number of nitrogens with one attached hydrogen (secondary N) is 1. The molecule has 2 aromatic carbocycles. The van der Waals surface area contributed by atoms with Crippen molar-refractivity contribution in [3.05, 3.63) is 77.2 Å². The van der Waals surface area contributed by atoms with Gasteiger partial charge in [-0.2, -0.15) is 0 Å². The van der Waals surface area contributed by atoms with E-state index in [2.05, 4.69) is 27.1 Å². The van der Waals surface area contributed by atoms with Crippen LogP contribution in [0, 0.1) is 6.92 Å². The molecular weight excluding hydrogens is 462 g/mol. The van der Waals surface area contributed by atoms with E-state index in [1.54, 1.807) is 6.08 Å². The van der Waals surface area contributed by atoms with E-state index in [0.29, 0.717) is 27.7 Å². The van der Waals surface area contributed by atoms with Crippen LogP contribution < -0.4 is 5.32 Å². The molecule has 0 aliphatic heterocycles. The number of carbonyl (C=O) groups is 1. The fourth-order valence-corrected chi connectivity index (χ4v) is 4.71. The lowest BCUT2D eigenvalue weighted by molar-refractivity contribution is -0.113. The van der Waals surface area contributed by atoms with E-state index >= 15 is 0 Å². The molecule has 0 radical (unpaired) electrons. The van der Waals surface area contributed by atoms with E-state index in [1.165, 1.54) is 28.7 Å². The minimum absolute atomic E-state index is 0.160. The molecule has 2 aromatic heterocycles. The average Bonchev–Trinajstić information content (AvgIpc) is 3.41. The Bertz CT molecular complexity index is 1250. The van der Waals surface area contributed by atoms with Gasteiger partial charge >= 0.3 is 0 Å². The number of anilines is 1. The smallest absolute Gasteiger partial charge is 0.236 e. The average molecular weight is 482 g/mol. The Balaban J connectivity index is 1.43. The summed E-state index contributed by atoms with van der Waals surface area (Å²) in [5.74, 6) is 0.658. The summed E-state index contributed by atoms with van der Waals surface area (Å²) in [6.07, 6.45) is 1.76. The molecule has 32 heavy (non-hydrogen) atoms. The Morgan fingerprint density at radius 3 is 2.75 bits per heavy atom. The fourth-order valence-electron chi connectivity index (χ4n) is 3.00. The predicted molar refractivity (Wildman–Crippen MR) is 132 cm³/mol. The van der Waals surface area contributed by atoms with E-state index in [0.717, 1.165) is 16.8 Å². The number of carbonyl (C=O) groups excluding carboxylic acids is 1. The molecule has 0 aliphatic rings. The lowest BCUT2D eigenvalue weighted by Gasteiger charge is -2.08. The summed E-state index contributed by atoms with van der Waals surface area (Å²) < 4.78 is 1.89. The first kappa shape index (κ1) is 22.3. The number of allylic oxidation sites excluding steroid dienone is 1. The lowest BCUT2D eigenvalue weighted by Crippen LogP contribution is -2.14. The van der Waals surface area contributed by atoms with Crippen molar-refractivity contribution in [1.82, 2.24) is 19.7 Å². The highest BCUT2D eigenvalue weighted by atomic mass is 35.5. The molecule has 1 N–H and O–H groups in total. The molecule has 9 heteroatoms. The molecule has 1 amide bonds. The molecule has 4 rings (SSSR count). The number of thioether (sulfide) groups is 1. The third-order valence-corrected chi connectivity index (χ3v) is 6.63. The lowest BCUT2D eigenvalue weighted by atomic mass is 10.1. The van der Waals surface area contributed by atoms with Gasteiger partial charge in [0.2, 0.25) is 5.91 Å². The Morgan fingerprint density at radius 1 is 1.22 bits per heavy atom. The number of halogens is 1. The molecule has 0 spiro atoms. The molecule has 0 unspecified atom stereocenters. The van der Waals surface area contributed by atoms with Crippen LogP contribution >= 0.6 is 34.7 Å². The Morgan fingerprint density at radius 2 is 2.00 bits per heavy atom. The number of amides is 1. The molecule has 162 valence electrons. The molecule has 2 heterocycles. The number of hydrogen-bond donors (Lipinski definition) is 1. The Labute approximate surface area is 199 Å². The second kappa shape index (κ2) is 10.1. The number of aromatic nitrogens is 4. The van der Waals surface area contributed by atoms with Crippen LogP contribution in [0.15, 0.2) is 71.7 Å². The molecule has 0 saturated heterocycles. The number of rotatable bonds is 8. The van der Waals surface area contributed by atoms with Crippen molar-refractivity contribution in [2.75, 3.05) is 11.1 Å². The topological polar surface area (TPSA) is 72.7 Å². The predicted octanol–water partition coefficient (Wildman–Crippen LogP) is 5.95. The number of hydrogen-bond acceptors (Lipinski definition) is 6. The fraction of sp³-hybridized carbons (Fsp3) is 0.130. The summed E-state index contributed by atoms with van der Waals surface area (Å²) in [6.45, 7) is 6.36. The number of thiazole rings is 1. The van der Waals surface area contributed by atoms with Gasteiger partial charge in [0, 0.05) is 23.1 Å². The molecular formula is C23H20ClN5OS2. The summed E-state index contributed by atoms with van der Waals surface area (Å²) in [4.78, 5) is 17.0. The van der Waals surface area contributed by atoms with Gasteiger partial charge in [-0.05, 0) is 19.1 Å². The van der Waals surface area contributed by atoms with Crippen molar-refractivity contribution >= 4 is 45.7 Å². The number of benzene rings is 2. The zero-order chi connectivity index (χ0) is 22.5. The van der Waals surface area contributed by atoms with Crippen molar-refractivity contribution in [1.29, 1.82) is 0 Å². The first-order valence-corrected chi connectivity index (χ1v) is 12.0. The summed E-state index contributed by atoms with van der Waals surface area (Å²) in [5, 5.41) is 15.1. The highest BCUT2D eigenvalue weighted by Crippen LogP contribution is 2.30. The summed E-state index contributed by atoms with van der Waals surface area (Å²) in [6, 6.07) is 15.6. The molecule has 0 bridgehead atoms.